The van der Waals surface area contributed by atoms with E-state index in [9.17, 15) is 13.2 Å². The van der Waals surface area contributed by atoms with E-state index in [2.05, 4.69) is 5.32 Å². The van der Waals surface area contributed by atoms with Crippen molar-refractivity contribution < 1.29 is 18.3 Å². The quantitative estimate of drug-likeness (QED) is 0.743. The highest BCUT2D eigenvalue weighted by Gasteiger charge is 2.43. The molecule has 2 aliphatic rings. The van der Waals surface area contributed by atoms with Gasteiger partial charge in [-0.15, -0.1) is 0 Å². The number of hydrogen-bond donors (Lipinski definition) is 2. The lowest BCUT2D eigenvalue weighted by atomic mass is 10.1. The summed E-state index contributed by atoms with van der Waals surface area (Å²) in [5.41, 5.74) is 0. The molecule has 0 radical (unpaired) electrons. The summed E-state index contributed by atoms with van der Waals surface area (Å²) in [5, 5.41) is 11.7. The molecule has 2 aliphatic carbocycles. The molecule has 2 N–H and O–H groups in total. The van der Waals surface area contributed by atoms with E-state index in [1.54, 1.807) is 0 Å². The van der Waals surface area contributed by atoms with Crippen LogP contribution in [-0.2, 0) is 0 Å². The van der Waals surface area contributed by atoms with Crippen LogP contribution in [0.15, 0.2) is 0 Å². The van der Waals surface area contributed by atoms with Crippen molar-refractivity contribution in [3.63, 3.8) is 0 Å². The second kappa shape index (κ2) is 3.94. The third kappa shape index (κ3) is 3.08. The molecule has 0 aromatic heterocycles. The zero-order chi connectivity index (χ0) is 11.1. The van der Waals surface area contributed by atoms with Gasteiger partial charge < -0.3 is 10.4 Å². The van der Waals surface area contributed by atoms with Crippen molar-refractivity contribution in [1.82, 2.24) is 5.32 Å². The van der Waals surface area contributed by atoms with Crippen LogP contribution in [0.2, 0.25) is 0 Å². The molecule has 15 heavy (non-hydrogen) atoms. The lowest BCUT2D eigenvalue weighted by Gasteiger charge is -2.21. The summed E-state index contributed by atoms with van der Waals surface area (Å²) in [5.74, 6) is 1.11. The fourth-order valence-corrected chi connectivity index (χ4v) is 1.99. The highest BCUT2D eigenvalue weighted by atomic mass is 19.4. The Morgan fingerprint density at radius 1 is 1.13 bits per heavy atom. The van der Waals surface area contributed by atoms with Crippen molar-refractivity contribution in [2.45, 2.75) is 44.0 Å². The SMILES string of the molecule is OC(CNC(C1CC1)C1CC1)C(F)(F)F. The minimum atomic E-state index is -4.50. The monoisotopic (exact) mass is 223 g/mol. The van der Waals surface area contributed by atoms with Gasteiger partial charge >= 0.3 is 6.18 Å². The van der Waals surface area contributed by atoms with Crippen LogP contribution in [0.1, 0.15) is 25.7 Å². The molecule has 2 nitrogen and oxygen atoms in total. The van der Waals surface area contributed by atoms with E-state index in [-0.39, 0.29) is 12.6 Å². The minimum Gasteiger partial charge on any atom is -0.382 e. The van der Waals surface area contributed by atoms with Gasteiger partial charge in [-0.3, -0.25) is 0 Å². The topological polar surface area (TPSA) is 32.3 Å². The van der Waals surface area contributed by atoms with Gasteiger partial charge in [-0.05, 0) is 37.5 Å². The molecule has 2 saturated carbocycles. The van der Waals surface area contributed by atoms with Crippen molar-refractivity contribution in [2.75, 3.05) is 6.54 Å². The Morgan fingerprint density at radius 2 is 1.60 bits per heavy atom. The molecule has 5 heteroatoms. The molecule has 0 aliphatic heterocycles. The number of nitrogens with one attached hydrogen (secondary N) is 1. The molecule has 0 saturated heterocycles. The summed E-state index contributed by atoms with van der Waals surface area (Å²) in [6, 6.07) is 0.210. The average Bonchev–Trinajstić information content (AvgIpc) is 2.98. The van der Waals surface area contributed by atoms with Gasteiger partial charge in [0.1, 0.15) is 0 Å². The Morgan fingerprint density at radius 3 is 1.93 bits per heavy atom. The van der Waals surface area contributed by atoms with Crippen LogP contribution in [0.4, 0.5) is 13.2 Å². The van der Waals surface area contributed by atoms with Crippen molar-refractivity contribution in [2.24, 2.45) is 11.8 Å². The fraction of sp³-hybridized carbons (Fsp3) is 1.00. The molecule has 88 valence electrons. The molecule has 0 aromatic carbocycles. The van der Waals surface area contributed by atoms with Gasteiger partial charge in [-0.1, -0.05) is 0 Å². The standard InChI is InChI=1S/C10H16F3NO/c11-10(12,13)8(15)5-14-9(6-1-2-6)7-3-4-7/h6-9,14-15H,1-5H2. The lowest BCUT2D eigenvalue weighted by molar-refractivity contribution is -0.202. The van der Waals surface area contributed by atoms with E-state index in [0.717, 1.165) is 25.7 Å². The number of halogens is 3. The van der Waals surface area contributed by atoms with E-state index >= 15 is 0 Å². The Balaban J connectivity index is 1.75. The molecule has 1 atom stereocenters. The van der Waals surface area contributed by atoms with Crippen LogP contribution < -0.4 is 5.32 Å². The first kappa shape index (κ1) is 11.2. The highest BCUT2D eigenvalue weighted by molar-refractivity contribution is 4.96. The normalized spacial score (nSPS) is 24.6. The van der Waals surface area contributed by atoms with Crippen LogP contribution in [0, 0.1) is 11.8 Å². The predicted molar refractivity (Wildman–Crippen MR) is 49.3 cm³/mol. The van der Waals surface area contributed by atoms with Crippen LogP contribution in [0.5, 0.6) is 0 Å². The van der Waals surface area contributed by atoms with E-state index in [1.165, 1.54) is 0 Å². The fourth-order valence-electron chi connectivity index (χ4n) is 1.99. The predicted octanol–water partition coefficient (Wildman–Crippen LogP) is 1.69. The Bertz CT molecular complexity index is 211. The first-order valence-corrected chi connectivity index (χ1v) is 5.46. The van der Waals surface area contributed by atoms with Crippen LogP contribution in [0.3, 0.4) is 0 Å². The summed E-state index contributed by atoms with van der Waals surface area (Å²) in [6.45, 7) is -0.360. The second-order valence-electron chi connectivity index (χ2n) is 4.67. The maximum atomic E-state index is 12.0. The average molecular weight is 223 g/mol. The number of alkyl halides is 3. The van der Waals surface area contributed by atoms with E-state index in [0.29, 0.717) is 11.8 Å². The van der Waals surface area contributed by atoms with Crippen LogP contribution >= 0.6 is 0 Å². The molecular weight excluding hydrogens is 207 g/mol. The number of rotatable bonds is 5. The molecule has 0 aromatic rings. The molecule has 2 fully saturated rings. The third-order valence-electron chi connectivity index (χ3n) is 3.18. The van der Waals surface area contributed by atoms with Crippen LogP contribution in [-0.4, -0.2) is 30.0 Å². The molecule has 0 spiro atoms. The first-order valence-electron chi connectivity index (χ1n) is 5.46. The molecule has 0 heterocycles. The summed E-state index contributed by atoms with van der Waals surface area (Å²) in [6.07, 6.45) is -2.23. The van der Waals surface area contributed by atoms with E-state index < -0.39 is 12.3 Å². The molecule has 1 unspecified atom stereocenters. The maximum Gasteiger partial charge on any atom is 0.415 e. The Labute approximate surface area is 86.9 Å². The molecule has 0 bridgehead atoms. The van der Waals surface area contributed by atoms with Crippen molar-refractivity contribution in [3.05, 3.63) is 0 Å². The maximum absolute atomic E-state index is 12.0. The van der Waals surface area contributed by atoms with Gasteiger partial charge in [-0.25, -0.2) is 0 Å². The van der Waals surface area contributed by atoms with E-state index in [4.69, 9.17) is 5.11 Å². The van der Waals surface area contributed by atoms with Gasteiger partial charge in [0.2, 0.25) is 0 Å². The zero-order valence-corrected chi connectivity index (χ0v) is 8.43. The molecule has 0 amide bonds. The van der Waals surface area contributed by atoms with Gasteiger partial charge in [0.15, 0.2) is 6.10 Å². The smallest absolute Gasteiger partial charge is 0.382 e. The largest absolute Gasteiger partial charge is 0.415 e. The summed E-state index contributed by atoms with van der Waals surface area (Å²) >= 11 is 0. The van der Waals surface area contributed by atoms with Gasteiger partial charge in [0.25, 0.3) is 0 Å². The summed E-state index contributed by atoms with van der Waals surface area (Å²) in [7, 11) is 0. The van der Waals surface area contributed by atoms with Gasteiger partial charge in [0.05, 0.1) is 0 Å². The van der Waals surface area contributed by atoms with E-state index in [1.807, 2.05) is 0 Å². The third-order valence-corrected chi connectivity index (χ3v) is 3.18. The molecular formula is C10H16F3NO. The summed E-state index contributed by atoms with van der Waals surface area (Å²) < 4.78 is 36.1. The van der Waals surface area contributed by atoms with Crippen molar-refractivity contribution in [3.8, 4) is 0 Å². The molecule has 2 rings (SSSR count). The van der Waals surface area contributed by atoms with Crippen LogP contribution in [0.25, 0.3) is 0 Å². The minimum absolute atomic E-state index is 0.210. The number of hydrogen-bond acceptors (Lipinski definition) is 2. The van der Waals surface area contributed by atoms with Crippen molar-refractivity contribution >= 4 is 0 Å². The number of aliphatic hydroxyl groups is 1. The zero-order valence-electron chi connectivity index (χ0n) is 8.43. The number of aliphatic hydroxyl groups excluding tert-OH is 1. The van der Waals surface area contributed by atoms with Gasteiger partial charge in [-0.2, -0.15) is 13.2 Å². The lowest BCUT2D eigenvalue weighted by Crippen LogP contribution is -2.44. The first-order chi connectivity index (χ1) is 6.98. The summed E-state index contributed by atoms with van der Waals surface area (Å²) in [4.78, 5) is 0. The highest BCUT2D eigenvalue weighted by Crippen LogP contribution is 2.44. The second-order valence-corrected chi connectivity index (χ2v) is 4.67. The van der Waals surface area contributed by atoms with Crippen molar-refractivity contribution in [1.29, 1.82) is 0 Å². The Hall–Kier alpha value is -0.290. The van der Waals surface area contributed by atoms with Gasteiger partial charge in [0, 0.05) is 12.6 Å². The Kier molecular flexibility index (Phi) is 2.94.